The Morgan fingerprint density at radius 1 is 1.00 bits per heavy atom. The first-order chi connectivity index (χ1) is 32.5. The number of hydrogen-bond donors (Lipinski definition) is 4. The predicted octanol–water partition coefficient (Wildman–Crippen LogP) is 9.90. The van der Waals surface area contributed by atoms with Gasteiger partial charge in [-0.2, -0.15) is 0 Å². The van der Waals surface area contributed by atoms with Crippen LogP contribution in [0.5, 0.6) is 5.75 Å². The van der Waals surface area contributed by atoms with Crippen LogP contribution in [0, 0.1) is 22.3 Å². The predicted molar refractivity (Wildman–Crippen MR) is 265 cm³/mol. The minimum absolute atomic E-state index is 0. The number of nitrogens with one attached hydrogen (secondary N) is 2. The van der Waals surface area contributed by atoms with E-state index in [1.165, 1.54) is 53.4 Å². The van der Waals surface area contributed by atoms with Gasteiger partial charge in [0, 0.05) is 77.2 Å². The number of phenols is 1. The van der Waals surface area contributed by atoms with Gasteiger partial charge in [0.05, 0.1) is 10.5 Å². The zero-order chi connectivity index (χ0) is 49.4. The Kier molecular flexibility index (Phi) is 15.8. The zero-order valence-electron chi connectivity index (χ0n) is 37.9. The second-order valence-electron chi connectivity index (χ2n) is 14.9. The molecule has 0 unspecified atom stereocenters. The zero-order valence-corrected chi connectivity index (χ0v) is 38.0. The number of ketones is 1. The van der Waals surface area contributed by atoms with E-state index in [1.54, 1.807) is 56.4 Å². The van der Waals surface area contributed by atoms with Crippen molar-refractivity contribution < 1.29 is 42.5 Å². The molecule has 0 saturated heterocycles. The number of nitrogens with zero attached hydrogens (tertiary/aromatic N) is 4. The van der Waals surface area contributed by atoms with Crippen LogP contribution in [0.4, 0.5) is 19.9 Å². The molecule has 10 rings (SSSR count). The third kappa shape index (κ3) is 10.7. The fraction of sp³-hybridized carbons (Fsp3) is 0.234. The molecule has 0 spiro atoms. The Morgan fingerprint density at radius 3 is 2.36 bits per heavy atom. The van der Waals surface area contributed by atoms with Crippen molar-refractivity contribution in [2.45, 2.75) is 47.0 Å². The van der Waals surface area contributed by atoms with Gasteiger partial charge in [-0.05, 0) is 115 Å². The van der Waals surface area contributed by atoms with Crippen LogP contribution in [0.1, 0.15) is 64.6 Å². The molecule has 6 aromatic rings. The van der Waals surface area contributed by atoms with Crippen LogP contribution in [0.3, 0.4) is 0 Å². The molecule has 0 fully saturated rings. The standard InChI is InChI=1S/C21H15NO5.C17H17NO3.C7H5N3O3.CH4FI.CH4.BHN/c1-22-11-2-5-14(17(8-11)21(25)26)20-15-6-3-12(23)9-18(15)27-19-10-13(24)4-7-16(19)20;1-10(19)14-9-12-8-11-4-2-6-18-7-3-5-13(15(11)18)16(12)21-17(14)20;1-4-2-3-5(10(11)12)7-6(4)8-13-9-7;1-3-2;;1-2/h2-10,22-23H,1H3,(H,25,26);8-9H,2-7H2,1H3;2-3H,1H3;3H,1H3;1H4;2H/i;;;3T;;2D. The number of hydrogen-bond acceptors (Lipinski definition) is 15. The van der Waals surface area contributed by atoms with E-state index >= 15 is 0 Å². The fourth-order valence-corrected chi connectivity index (χ4v) is 8.06. The number of nitro benzene ring substituents is 1. The summed E-state index contributed by atoms with van der Waals surface area (Å²) in [6, 6.07) is 20.9. The molecule has 17 nitrogen and oxygen atoms in total. The number of Topliss-reactive ketones (excluding diaryl/α,β-unsaturated/α-hetero) is 1. The molecule has 4 aromatic carbocycles. The molecule has 3 aliphatic heterocycles. The Balaban J connectivity index is 0.000000187. The summed E-state index contributed by atoms with van der Waals surface area (Å²) in [5.74, 6) is -0.967. The van der Waals surface area contributed by atoms with Crippen molar-refractivity contribution in [1.82, 2.24) is 10.3 Å². The maximum atomic E-state index is 12.0. The Hall–Kier alpha value is -7.36. The monoisotopic (exact) mass is 1030 g/mol. The second-order valence-corrected chi connectivity index (χ2v) is 15.7. The number of nitro groups is 1. The number of carbonyl (C=O) groups is 2. The Bertz CT molecular complexity index is 3310. The molecule has 5 heterocycles. The Morgan fingerprint density at radius 2 is 1.69 bits per heavy atom. The van der Waals surface area contributed by atoms with Crippen LogP contribution in [0.2, 0.25) is 1.41 Å². The number of rotatable bonds is 5. The van der Waals surface area contributed by atoms with Gasteiger partial charge in [0.1, 0.15) is 33.8 Å². The molecule has 1 radical (unpaired) electrons. The van der Waals surface area contributed by atoms with E-state index in [2.05, 4.69) is 44.2 Å². The van der Waals surface area contributed by atoms with Crippen LogP contribution in [0.15, 0.2) is 102 Å². The molecule has 4 aliphatic rings. The number of non-ortho nitro benzene ring substituents is 1. The maximum absolute atomic E-state index is 12.0. The number of phenolic OH excluding ortho intramolecular Hbond substituents is 1. The van der Waals surface area contributed by atoms with Crippen LogP contribution in [-0.2, 0) is 12.8 Å². The van der Waals surface area contributed by atoms with Crippen molar-refractivity contribution in [2.24, 2.45) is 0 Å². The molecule has 0 atom stereocenters. The number of aromatic carboxylic acids is 1. The van der Waals surface area contributed by atoms with Crippen LogP contribution in [-0.4, -0.2) is 70.5 Å². The third-order valence-electron chi connectivity index (χ3n) is 10.9. The van der Waals surface area contributed by atoms with Crippen molar-refractivity contribution in [3.8, 4) is 28.2 Å². The first-order valence-electron chi connectivity index (χ1n) is 20.9. The van der Waals surface area contributed by atoms with Crippen molar-refractivity contribution in [3.63, 3.8) is 0 Å². The second kappa shape index (κ2) is 22.2. The molecular weight excluding hydrogens is 981 g/mol. The van der Waals surface area contributed by atoms with Gasteiger partial charge in [-0.25, -0.2) is 14.2 Å². The molecule has 0 bridgehead atoms. The summed E-state index contributed by atoms with van der Waals surface area (Å²) in [6.07, 6.45) is 4.25. The molecular formula is C47H46BFIN6O11. The normalized spacial score (nSPS) is 12.7. The summed E-state index contributed by atoms with van der Waals surface area (Å²) >= 11 is -2.51. The third-order valence-corrected chi connectivity index (χ3v) is 10.9. The quantitative estimate of drug-likeness (QED) is 0.0183. The number of anilines is 2. The number of aromatic hydroxyl groups is 1. The van der Waals surface area contributed by atoms with E-state index in [9.17, 15) is 42.4 Å². The van der Waals surface area contributed by atoms with Gasteiger partial charge in [0.25, 0.3) is 0 Å². The van der Waals surface area contributed by atoms with Crippen molar-refractivity contribution >= 4 is 91.0 Å². The molecule has 347 valence electrons. The van der Waals surface area contributed by atoms with Gasteiger partial charge < -0.3 is 29.3 Å². The van der Waals surface area contributed by atoms with Crippen molar-refractivity contribution in [2.75, 3.05) is 35.3 Å². The number of aryl methyl sites for hydroxylation is 3. The molecule has 1 aliphatic carbocycles. The van der Waals surface area contributed by atoms with Gasteiger partial charge in [-0.15, -0.1) is 0 Å². The van der Waals surface area contributed by atoms with Gasteiger partial charge in [0.15, 0.2) is 11.2 Å². The van der Waals surface area contributed by atoms with E-state index < -0.39 is 38.1 Å². The number of benzene rings is 5. The van der Waals surface area contributed by atoms with E-state index in [0.29, 0.717) is 50.2 Å². The summed E-state index contributed by atoms with van der Waals surface area (Å²) in [4.78, 5) is 61.0. The van der Waals surface area contributed by atoms with E-state index in [0.717, 1.165) is 55.3 Å². The number of carboxylic acids is 1. The number of carboxylic acid groups (broad SMARTS) is 1. The molecule has 4 N–H and O–H groups in total. The number of alkyl halides is 1. The summed E-state index contributed by atoms with van der Waals surface area (Å²) in [5, 5.41) is 43.8. The van der Waals surface area contributed by atoms with Gasteiger partial charge in [-0.3, -0.25) is 19.7 Å². The first kappa shape index (κ1) is 47.6. The molecule has 0 amide bonds. The summed E-state index contributed by atoms with van der Waals surface area (Å²) in [6.45, 7) is 5.36. The summed E-state index contributed by atoms with van der Waals surface area (Å²) in [5.41, 5.74) is 8.11. The minimum atomic E-state index is -2.51. The number of carbonyl (C=O) groups excluding carboxylic acids is 1. The SMILES string of the molecule is C.CC(=O)c1cc2cc3c4c(c2oc1=O)CCCN4CCC3.CNc1ccc(-c2c3ccc(=O)cc-3oc3cc(O)ccc23)c(C(=O)O)c1.Cc1ccc([N+](=O)[O-])c2nonc12.[2H]N=[B].[3H]I(C)F. The number of aromatic nitrogens is 2. The molecule has 67 heavy (non-hydrogen) atoms. The van der Waals surface area contributed by atoms with Crippen LogP contribution >= 0.6 is 21.6 Å². The topological polar surface area (TPSA) is 256 Å². The molecule has 2 aromatic heterocycles. The summed E-state index contributed by atoms with van der Waals surface area (Å²) in [7, 11) is 5.85. The van der Waals surface area contributed by atoms with E-state index in [-0.39, 0.29) is 46.7 Å². The van der Waals surface area contributed by atoms with E-state index in [4.69, 9.17) is 10.8 Å². The van der Waals surface area contributed by atoms with Gasteiger partial charge >= 0.3 is 61.6 Å². The van der Waals surface area contributed by atoms with Gasteiger partial charge in [0.2, 0.25) is 5.52 Å². The fourth-order valence-electron chi connectivity index (χ4n) is 8.06. The molecule has 0 saturated carbocycles. The average Bonchev–Trinajstić information content (AvgIpc) is 3.80. The first-order valence-corrected chi connectivity index (χ1v) is 23.1. The number of halogens is 2. The van der Waals surface area contributed by atoms with E-state index in [1.807, 2.05) is 0 Å². The van der Waals surface area contributed by atoms with Crippen LogP contribution < -0.4 is 21.3 Å². The van der Waals surface area contributed by atoms with Crippen molar-refractivity contribution in [3.05, 3.63) is 137 Å². The number of fused-ring (bicyclic) bond motifs is 5. The van der Waals surface area contributed by atoms with Gasteiger partial charge in [-0.1, -0.05) is 19.6 Å². The van der Waals surface area contributed by atoms with Crippen molar-refractivity contribution in [1.29, 1.82) is 5.90 Å². The average molecular weight is 1030 g/mol. The summed E-state index contributed by atoms with van der Waals surface area (Å²) < 4.78 is 38.3. The van der Waals surface area contributed by atoms with Crippen LogP contribution in [0.25, 0.3) is 55.4 Å². The Labute approximate surface area is 395 Å². The molecule has 20 heteroatoms.